The van der Waals surface area contributed by atoms with Crippen molar-refractivity contribution in [1.29, 1.82) is 0 Å². The van der Waals surface area contributed by atoms with Crippen LogP contribution in [0.2, 0.25) is 0 Å². The number of ether oxygens (including phenoxy) is 8. The molecule has 2 fully saturated rings. The number of hydrogen-bond acceptors (Lipinski definition) is 16. The van der Waals surface area contributed by atoms with Gasteiger partial charge in [-0.05, 0) is 200 Å². The van der Waals surface area contributed by atoms with Crippen molar-refractivity contribution in [3.63, 3.8) is 0 Å². The second kappa shape index (κ2) is 34.9. The molecule has 0 radical (unpaired) electrons. The van der Waals surface area contributed by atoms with Gasteiger partial charge in [0.05, 0.1) is 67.9 Å². The van der Waals surface area contributed by atoms with Gasteiger partial charge in [0.1, 0.15) is 34.5 Å². The Morgan fingerprint density at radius 3 is 1.57 bits per heavy atom. The predicted molar refractivity (Wildman–Crippen MR) is 321 cm³/mol. The molecule has 0 saturated heterocycles. The number of fused-ring (bicyclic) bond motifs is 1. The highest BCUT2D eigenvalue weighted by atomic mass is 32.1. The Kier molecular flexibility index (Phi) is 26.6. The van der Waals surface area contributed by atoms with Crippen molar-refractivity contribution < 1.29 is 57.1 Å². The number of aromatic nitrogens is 1. The number of carbonyl (C=O) groups is 4. The summed E-state index contributed by atoms with van der Waals surface area (Å²) in [5.41, 5.74) is 1.75. The molecular weight excluding hydrogens is 1060 g/mol. The molecule has 440 valence electrons. The van der Waals surface area contributed by atoms with Gasteiger partial charge in [-0.15, -0.1) is 0 Å². The van der Waals surface area contributed by atoms with Crippen LogP contribution in [0, 0.1) is 23.7 Å². The molecule has 5 aromatic rings. The Balaban J connectivity index is 0.879. The van der Waals surface area contributed by atoms with Crippen LogP contribution < -0.4 is 33.4 Å². The van der Waals surface area contributed by atoms with Crippen LogP contribution in [0.1, 0.15) is 141 Å². The van der Waals surface area contributed by atoms with Crippen LogP contribution in [0.4, 0.5) is 5.13 Å². The van der Waals surface area contributed by atoms with Gasteiger partial charge in [-0.1, -0.05) is 62.8 Å². The number of esters is 4. The number of thiazole rings is 1. The van der Waals surface area contributed by atoms with Gasteiger partial charge in [0.25, 0.3) is 0 Å². The monoisotopic (exact) mass is 1140 g/mol. The quantitative estimate of drug-likeness (QED) is 0.00926. The van der Waals surface area contributed by atoms with E-state index in [1.54, 1.807) is 35.6 Å². The highest BCUT2D eigenvalue weighted by Crippen LogP contribution is 2.35. The average Bonchev–Trinajstić information content (AvgIpc) is 4.13. The summed E-state index contributed by atoms with van der Waals surface area (Å²) < 4.78 is 47.7. The maximum atomic E-state index is 13.3. The van der Waals surface area contributed by atoms with Crippen LogP contribution >= 0.6 is 11.3 Å². The highest BCUT2D eigenvalue weighted by molar-refractivity contribution is 7.22. The van der Waals surface area contributed by atoms with Crippen molar-refractivity contribution in [2.24, 2.45) is 28.8 Å². The summed E-state index contributed by atoms with van der Waals surface area (Å²) in [5, 5.41) is 7.94. The van der Waals surface area contributed by atoms with E-state index < -0.39 is 11.9 Å². The Hall–Kier alpha value is -7.20. The van der Waals surface area contributed by atoms with E-state index in [0.717, 1.165) is 173 Å². The molecular formula is C66H83N3O12S. The van der Waals surface area contributed by atoms with Crippen molar-refractivity contribution in [1.82, 2.24) is 4.98 Å². The number of hydrogen-bond donors (Lipinski definition) is 0. The molecule has 0 atom stereocenters. The zero-order valence-corrected chi connectivity index (χ0v) is 48.7. The molecule has 2 aliphatic rings. The largest absolute Gasteiger partial charge is 0.494 e. The molecule has 82 heavy (non-hydrogen) atoms. The lowest BCUT2D eigenvalue weighted by Crippen LogP contribution is -2.28. The van der Waals surface area contributed by atoms with Crippen LogP contribution in [-0.4, -0.2) is 81.3 Å². The molecule has 2 aliphatic carbocycles. The fourth-order valence-corrected chi connectivity index (χ4v) is 10.9. The number of anilines is 1. The van der Waals surface area contributed by atoms with Gasteiger partial charge in [-0.25, -0.2) is 19.6 Å². The van der Waals surface area contributed by atoms with Crippen molar-refractivity contribution >= 4 is 56.8 Å². The molecule has 2 saturated carbocycles. The number of carbonyl (C=O) groups excluding carboxylic acids is 4. The minimum atomic E-state index is -0.394. The van der Waals surface area contributed by atoms with E-state index in [2.05, 4.69) is 26.1 Å². The van der Waals surface area contributed by atoms with Crippen molar-refractivity contribution in [2.45, 2.75) is 135 Å². The van der Waals surface area contributed by atoms with Crippen LogP contribution in [0.25, 0.3) is 10.2 Å². The van der Waals surface area contributed by atoms with E-state index in [1.165, 1.54) is 12.2 Å². The van der Waals surface area contributed by atoms with E-state index >= 15 is 0 Å². The third-order valence-corrected chi connectivity index (χ3v) is 15.9. The topological polar surface area (TPSA) is 171 Å². The lowest BCUT2D eigenvalue weighted by Gasteiger charge is -2.28. The van der Waals surface area contributed by atoms with Crippen molar-refractivity contribution in [3.05, 3.63) is 122 Å². The van der Waals surface area contributed by atoms with E-state index in [-0.39, 0.29) is 35.6 Å². The second-order valence-corrected chi connectivity index (χ2v) is 22.2. The highest BCUT2D eigenvalue weighted by Gasteiger charge is 2.30. The van der Waals surface area contributed by atoms with Crippen LogP contribution in [0.3, 0.4) is 0 Å². The van der Waals surface area contributed by atoms with Crippen molar-refractivity contribution in [3.8, 4) is 34.5 Å². The first kappa shape index (κ1) is 62.4. The number of benzene rings is 4. The first-order valence-corrected chi connectivity index (χ1v) is 30.5. The van der Waals surface area contributed by atoms with Gasteiger partial charge in [0.15, 0.2) is 0 Å². The lowest BCUT2D eigenvalue weighted by atomic mass is 9.82. The summed E-state index contributed by atoms with van der Waals surface area (Å²) in [6.07, 6.45) is 22.1. The average molecular weight is 1140 g/mol. The van der Waals surface area contributed by atoms with Crippen LogP contribution in [-0.2, 0) is 28.7 Å². The molecule has 1 heterocycles. The number of rotatable bonds is 36. The molecule has 0 N–H and O–H groups in total. The van der Waals surface area contributed by atoms with Gasteiger partial charge >= 0.3 is 23.9 Å². The van der Waals surface area contributed by atoms with Crippen molar-refractivity contribution in [2.75, 3.05) is 51.2 Å². The maximum absolute atomic E-state index is 13.3. The molecule has 0 amide bonds. The summed E-state index contributed by atoms with van der Waals surface area (Å²) in [6, 6.07) is 28.5. The lowest BCUT2D eigenvalue weighted by molar-refractivity contribution is -0.141. The molecule has 0 bridgehead atoms. The summed E-state index contributed by atoms with van der Waals surface area (Å²) in [5.74, 6) is 2.85. The SMILES string of the molecule is C=CC(=O)OCCCCCCOc1ccc(OC(=O)C2CCC(COc3ccc(OCC4CCC(C(=O)Oc5ccc(OCCCCCCOC(=O)C=C)cc5)CC4)c(/C=N/N(CCCCCC)c4nc5ccccc5s4)c3)CC2)cc1. The van der Waals surface area contributed by atoms with E-state index in [4.69, 9.17) is 48.0 Å². The Labute approximate surface area is 488 Å². The molecule has 1 aromatic heterocycles. The Morgan fingerprint density at radius 2 is 1.05 bits per heavy atom. The fourth-order valence-electron chi connectivity index (χ4n) is 9.96. The number of unbranched alkanes of at least 4 members (excludes halogenated alkanes) is 9. The number of nitrogens with zero attached hydrogens (tertiary/aromatic N) is 3. The van der Waals surface area contributed by atoms with E-state index in [9.17, 15) is 19.2 Å². The van der Waals surface area contributed by atoms with E-state index in [1.807, 2.05) is 71.9 Å². The third-order valence-electron chi connectivity index (χ3n) is 14.9. The number of para-hydroxylation sites is 1. The normalized spacial score (nSPS) is 16.9. The maximum Gasteiger partial charge on any atom is 0.330 e. The van der Waals surface area contributed by atoms with Gasteiger partial charge in [0.2, 0.25) is 5.13 Å². The van der Waals surface area contributed by atoms with Crippen LogP contribution in [0.15, 0.2) is 121 Å². The predicted octanol–water partition coefficient (Wildman–Crippen LogP) is 14.6. The zero-order valence-electron chi connectivity index (χ0n) is 47.9. The van der Waals surface area contributed by atoms with Crippen LogP contribution in [0.5, 0.6) is 34.5 Å². The molecule has 0 aliphatic heterocycles. The van der Waals surface area contributed by atoms with E-state index in [0.29, 0.717) is 56.9 Å². The Bertz CT molecular complexity index is 2750. The summed E-state index contributed by atoms with van der Waals surface area (Å²) in [7, 11) is 0. The summed E-state index contributed by atoms with van der Waals surface area (Å²) >= 11 is 1.63. The van der Waals surface area contributed by atoms with Gasteiger partial charge < -0.3 is 37.9 Å². The van der Waals surface area contributed by atoms with Gasteiger partial charge in [0, 0.05) is 24.3 Å². The van der Waals surface area contributed by atoms with Gasteiger partial charge in [-0.3, -0.25) is 9.59 Å². The second-order valence-electron chi connectivity index (χ2n) is 21.2. The minimum absolute atomic E-state index is 0.177. The number of hydrazone groups is 1. The zero-order chi connectivity index (χ0) is 57.6. The molecule has 7 rings (SSSR count). The Morgan fingerprint density at radius 1 is 0.561 bits per heavy atom. The molecule has 0 unspecified atom stereocenters. The first-order chi connectivity index (χ1) is 40.2. The molecule has 4 aromatic carbocycles. The fraction of sp³-hybridized carbons (Fsp3) is 0.485. The summed E-state index contributed by atoms with van der Waals surface area (Å²) in [6.45, 7) is 12.7. The molecule has 15 nitrogen and oxygen atoms in total. The first-order valence-electron chi connectivity index (χ1n) is 29.7. The van der Waals surface area contributed by atoms with Gasteiger partial charge in [-0.2, -0.15) is 5.10 Å². The molecule has 16 heteroatoms. The third kappa shape index (κ3) is 21.6. The smallest absolute Gasteiger partial charge is 0.330 e. The standard InChI is InChI=1S/C66H83N3O12S/c1-4-7-8-15-40-69(66-68-59-20-13-14-21-61(59)82-66)67-46-53-45-58(78-47-49-22-26-51(27-23-49)64(72)80-56-34-30-54(31-35-56)74-41-16-9-11-18-43-76-62(70)5-2)38-39-60(53)79-48-50-24-28-52(29-25-50)65(73)81-57-36-32-55(33-37-57)75-42-17-10-12-19-44-77-63(71)6-3/h5-6,13-14,20-21,30-39,45-46,49-52H,2-4,7-12,15-19,22-29,40-44,47-48H2,1H3/b67-46+. The minimum Gasteiger partial charge on any atom is -0.494 e. The molecule has 0 spiro atoms. The summed E-state index contributed by atoms with van der Waals surface area (Å²) in [4.78, 5) is 53.9.